The molecule has 0 radical (unpaired) electrons. The van der Waals surface area contributed by atoms with Crippen LogP contribution in [0.4, 0.5) is 5.69 Å². The summed E-state index contributed by atoms with van der Waals surface area (Å²) in [5.41, 5.74) is 2.73. The van der Waals surface area contributed by atoms with Crippen molar-refractivity contribution in [3.8, 4) is 0 Å². The van der Waals surface area contributed by atoms with E-state index in [4.69, 9.17) is 0 Å². The maximum atomic E-state index is 12.4. The third-order valence-corrected chi connectivity index (χ3v) is 3.56. The van der Waals surface area contributed by atoms with Crippen LogP contribution in [0.5, 0.6) is 0 Å². The molecule has 7 nitrogen and oxygen atoms in total. The summed E-state index contributed by atoms with van der Waals surface area (Å²) in [6.07, 6.45) is 7.05. The molecular formula is C17H14N6O. The number of hydrogen-bond acceptors (Lipinski definition) is 4. The third kappa shape index (κ3) is 2.87. The molecule has 0 spiro atoms. The zero-order valence-electron chi connectivity index (χ0n) is 12.7. The molecule has 0 aliphatic heterocycles. The number of carbonyl (C=O) groups excluding carboxylic acids is 1. The van der Waals surface area contributed by atoms with E-state index in [9.17, 15) is 4.79 Å². The van der Waals surface area contributed by atoms with E-state index >= 15 is 0 Å². The molecule has 118 valence electrons. The van der Waals surface area contributed by atoms with Gasteiger partial charge in [0.25, 0.3) is 5.91 Å². The van der Waals surface area contributed by atoms with Crippen molar-refractivity contribution in [3.05, 3.63) is 78.5 Å². The van der Waals surface area contributed by atoms with Crippen LogP contribution < -0.4 is 5.32 Å². The van der Waals surface area contributed by atoms with Crippen LogP contribution in [0.25, 0.3) is 5.65 Å². The summed E-state index contributed by atoms with van der Waals surface area (Å²) in [5, 5.41) is 11.3. The van der Waals surface area contributed by atoms with Gasteiger partial charge in [-0.1, -0.05) is 12.1 Å². The highest BCUT2D eigenvalue weighted by Gasteiger charge is 2.11. The zero-order chi connectivity index (χ0) is 16.4. The van der Waals surface area contributed by atoms with Crippen LogP contribution >= 0.6 is 0 Å². The highest BCUT2D eigenvalue weighted by Crippen LogP contribution is 2.13. The molecule has 0 aliphatic rings. The number of anilines is 1. The molecule has 1 amide bonds. The average Bonchev–Trinajstić information content (AvgIpc) is 3.24. The summed E-state index contributed by atoms with van der Waals surface area (Å²) >= 11 is 0. The summed E-state index contributed by atoms with van der Waals surface area (Å²) < 4.78 is 3.40. The van der Waals surface area contributed by atoms with Crippen LogP contribution in [-0.4, -0.2) is 30.3 Å². The van der Waals surface area contributed by atoms with Crippen molar-refractivity contribution in [1.29, 1.82) is 0 Å². The Morgan fingerprint density at radius 2 is 2.00 bits per heavy atom. The number of amides is 1. The molecule has 7 heteroatoms. The predicted molar refractivity (Wildman–Crippen MR) is 88.7 cm³/mol. The second kappa shape index (κ2) is 5.96. The Balaban J connectivity index is 1.53. The number of carbonyl (C=O) groups is 1. The van der Waals surface area contributed by atoms with Gasteiger partial charge in [0, 0.05) is 36.5 Å². The minimum atomic E-state index is -0.267. The molecule has 3 aromatic heterocycles. The van der Waals surface area contributed by atoms with Crippen molar-refractivity contribution < 1.29 is 4.79 Å². The largest absolute Gasteiger partial charge is 0.321 e. The Labute approximate surface area is 137 Å². The second-order valence-electron chi connectivity index (χ2n) is 5.31. The smallest absolute Gasteiger partial charge is 0.276 e. The number of nitrogens with zero attached hydrogens (tertiary/aromatic N) is 5. The van der Waals surface area contributed by atoms with E-state index in [1.165, 1.54) is 0 Å². The van der Waals surface area contributed by atoms with Crippen molar-refractivity contribution in [2.24, 2.45) is 0 Å². The lowest BCUT2D eigenvalue weighted by molar-refractivity contribution is 0.102. The van der Waals surface area contributed by atoms with Crippen molar-refractivity contribution in [1.82, 2.24) is 24.4 Å². The minimum Gasteiger partial charge on any atom is -0.321 e. The van der Waals surface area contributed by atoms with E-state index in [-0.39, 0.29) is 5.91 Å². The van der Waals surface area contributed by atoms with Gasteiger partial charge in [-0.15, -0.1) is 0 Å². The maximum Gasteiger partial charge on any atom is 0.276 e. The van der Waals surface area contributed by atoms with Crippen molar-refractivity contribution in [3.63, 3.8) is 0 Å². The summed E-state index contributed by atoms with van der Waals surface area (Å²) in [6, 6.07) is 13.0. The Hall–Kier alpha value is -3.48. The molecule has 0 aliphatic carbocycles. The first-order valence-corrected chi connectivity index (χ1v) is 7.46. The predicted octanol–water partition coefficient (Wildman–Crippen LogP) is 2.23. The van der Waals surface area contributed by atoms with Gasteiger partial charge in [-0.3, -0.25) is 9.48 Å². The van der Waals surface area contributed by atoms with Crippen molar-refractivity contribution in [2.75, 3.05) is 5.32 Å². The molecular weight excluding hydrogens is 304 g/mol. The molecule has 1 aromatic carbocycles. The Kier molecular flexibility index (Phi) is 3.51. The summed E-state index contributed by atoms with van der Waals surface area (Å²) in [7, 11) is 0. The topological polar surface area (TPSA) is 77.1 Å². The van der Waals surface area contributed by atoms with Gasteiger partial charge in [0.2, 0.25) is 0 Å². The van der Waals surface area contributed by atoms with Crippen LogP contribution in [0.1, 0.15) is 16.1 Å². The third-order valence-electron chi connectivity index (χ3n) is 3.56. The Morgan fingerprint density at radius 1 is 1.08 bits per heavy atom. The highest BCUT2D eigenvalue weighted by molar-refractivity contribution is 6.03. The van der Waals surface area contributed by atoms with Gasteiger partial charge in [0.05, 0.1) is 6.54 Å². The van der Waals surface area contributed by atoms with E-state index < -0.39 is 0 Å². The molecule has 0 atom stereocenters. The summed E-state index contributed by atoms with van der Waals surface area (Å²) in [4.78, 5) is 16.5. The van der Waals surface area contributed by atoms with Crippen LogP contribution in [-0.2, 0) is 6.54 Å². The van der Waals surface area contributed by atoms with Crippen LogP contribution in [0.2, 0.25) is 0 Å². The highest BCUT2D eigenvalue weighted by atomic mass is 16.1. The van der Waals surface area contributed by atoms with Crippen LogP contribution in [0.3, 0.4) is 0 Å². The summed E-state index contributed by atoms with van der Waals surface area (Å²) in [5.74, 6) is -0.267. The fourth-order valence-electron chi connectivity index (χ4n) is 2.46. The summed E-state index contributed by atoms with van der Waals surface area (Å²) in [6.45, 7) is 0.648. The molecule has 4 aromatic rings. The van der Waals surface area contributed by atoms with Gasteiger partial charge in [-0.25, -0.2) is 9.50 Å². The molecule has 0 saturated heterocycles. The van der Waals surface area contributed by atoms with E-state index in [0.717, 1.165) is 11.3 Å². The number of nitrogens with one attached hydrogen (secondary N) is 1. The number of aromatic nitrogens is 5. The Bertz CT molecular complexity index is 956. The molecule has 0 fully saturated rings. The molecule has 0 saturated carbocycles. The monoisotopic (exact) mass is 318 g/mol. The lowest BCUT2D eigenvalue weighted by atomic mass is 10.2. The molecule has 24 heavy (non-hydrogen) atoms. The van der Waals surface area contributed by atoms with Crippen molar-refractivity contribution >= 4 is 17.2 Å². The molecule has 4 rings (SSSR count). The van der Waals surface area contributed by atoms with Gasteiger partial charge in [0.1, 0.15) is 0 Å². The lowest BCUT2D eigenvalue weighted by Gasteiger charge is -2.06. The average molecular weight is 318 g/mol. The lowest BCUT2D eigenvalue weighted by Crippen LogP contribution is -2.13. The van der Waals surface area contributed by atoms with Crippen molar-refractivity contribution in [2.45, 2.75) is 6.54 Å². The van der Waals surface area contributed by atoms with Gasteiger partial charge < -0.3 is 5.32 Å². The van der Waals surface area contributed by atoms with Gasteiger partial charge in [-0.2, -0.15) is 10.2 Å². The minimum absolute atomic E-state index is 0.267. The number of benzene rings is 1. The number of rotatable bonds is 4. The molecule has 1 N–H and O–H groups in total. The second-order valence-corrected chi connectivity index (χ2v) is 5.31. The molecule has 0 bridgehead atoms. The van der Waals surface area contributed by atoms with Gasteiger partial charge in [0.15, 0.2) is 11.3 Å². The first-order chi connectivity index (χ1) is 11.8. The fourth-order valence-corrected chi connectivity index (χ4v) is 2.46. The number of fused-ring (bicyclic) bond motifs is 1. The first kappa shape index (κ1) is 14.1. The van der Waals surface area contributed by atoms with E-state index in [1.54, 1.807) is 35.2 Å². The Morgan fingerprint density at radius 3 is 2.83 bits per heavy atom. The van der Waals surface area contributed by atoms with Gasteiger partial charge >= 0.3 is 0 Å². The number of hydrogen-bond donors (Lipinski definition) is 1. The standard InChI is InChI=1S/C17H14N6O/c24-17(15-11-16-18-6-2-9-23(16)21-15)20-14-5-1-4-13(10-14)12-22-8-3-7-19-22/h1-11H,12H2,(H,20,24). The SMILES string of the molecule is O=C(Nc1cccc(Cn2cccn2)c1)c1cc2ncccn2n1. The maximum absolute atomic E-state index is 12.4. The quantitative estimate of drug-likeness (QED) is 0.626. The van der Waals surface area contributed by atoms with Crippen LogP contribution in [0.15, 0.2) is 67.3 Å². The van der Waals surface area contributed by atoms with E-state index in [1.807, 2.05) is 41.2 Å². The molecule has 3 heterocycles. The zero-order valence-corrected chi connectivity index (χ0v) is 12.7. The van der Waals surface area contributed by atoms with Crippen LogP contribution in [0, 0.1) is 0 Å². The van der Waals surface area contributed by atoms with Gasteiger partial charge in [-0.05, 0) is 29.8 Å². The molecule has 0 unspecified atom stereocenters. The first-order valence-electron chi connectivity index (χ1n) is 7.46. The normalized spacial score (nSPS) is 10.8. The van der Waals surface area contributed by atoms with E-state index in [0.29, 0.717) is 17.9 Å². The fraction of sp³-hybridized carbons (Fsp3) is 0.0588. The van der Waals surface area contributed by atoms with E-state index in [2.05, 4.69) is 20.5 Å².